The summed E-state index contributed by atoms with van der Waals surface area (Å²) >= 11 is 1.57. The molecular weight excluding hydrogens is 408 g/mol. The first-order valence-electron chi connectivity index (χ1n) is 10.9. The summed E-state index contributed by atoms with van der Waals surface area (Å²) in [6.45, 7) is 2.27. The third kappa shape index (κ3) is 4.69. The number of thioether (sulfide) groups is 1. The van der Waals surface area contributed by atoms with Crippen LogP contribution < -0.4 is 14.8 Å². The molecule has 2 aliphatic rings. The van der Waals surface area contributed by atoms with Crippen LogP contribution in [0.3, 0.4) is 0 Å². The number of nitrogens with one attached hydrogen (secondary N) is 1. The van der Waals surface area contributed by atoms with Crippen molar-refractivity contribution in [2.75, 3.05) is 19.5 Å². The molecule has 0 bridgehead atoms. The second-order valence-electron chi connectivity index (χ2n) is 8.14. The average molecular weight is 439 g/mol. The molecule has 164 valence electrons. The molecule has 3 atom stereocenters. The number of para-hydroxylation sites is 1. The third-order valence-electron chi connectivity index (χ3n) is 6.15. The van der Waals surface area contributed by atoms with Crippen molar-refractivity contribution in [3.8, 4) is 11.5 Å². The van der Waals surface area contributed by atoms with Crippen LogP contribution in [0.5, 0.6) is 11.5 Å². The van der Waals surface area contributed by atoms with E-state index in [-0.39, 0.29) is 17.4 Å². The summed E-state index contributed by atoms with van der Waals surface area (Å²) in [5.41, 5.74) is 1.72. The second kappa shape index (κ2) is 9.69. The van der Waals surface area contributed by atoms with E-state index in [1.807, 2.05) is 54.6 Å². The molecule has 1 saturated carbocycles. The van der Waals surface area contributed by atoms with Crippen molar-refractivity contribution in [3.05, 3.63) is 59.0 Å². The van der Waals surface area contributed by atoms with Crippen LogP contribution in [0.15, 0.2) is 53.4 Å². The summed E-state index contributed by atoms with van der Waals surface area (Å²) in [5, 5.41) is 3.58. The van der Waals surface area contributed by atoms with Crippen LogP contribution in [-0.2, 0) is 4.79 Å². The van der Waals surface area contributed by atoms with Gasteiger partial charge in [0.15, 0.2) is 5.50 Å². The van der Waals surface area contributed by atoms with E-state index >= 15 is 0 Å². The van der Waals surface area contributed by atoms with Crippen molar-refractivity contribution in [3.63, 3.8) is 0 Å². The van der Waals surface area contributed by atoms with Gasteiger partial charge in [0.2, 0.25) is 0 Å². The number of hydrogen-bond acceptors (Lipinski definition) is 5. The molecule has 1 amide bonds. The molecule has 2 fully saturated rings. The van der Waals surface area contributed by atoms with Crippen molar-refractivity contribution >= 4 is 29.4 Å². The van der Waals surface area contributed by atoms with Gasteiger partial charge in [0, 0.05) is 17.3 Å². The Morgan fingerprint density at radius 1 is 1.06 bits per heavy atom. The van der Waals surface area contributed by atoms with Crippen LogP contribution in [0.4, 0.5) is 5.69 Å². The first kappa shape index (κ1) is 21.6. The van der Waals surface area contributed by atoms with Crippen LogP contribution in [0.2, 0.25) is 0 Å². The van der Waals surface area contributed by atoms with Crippen LogP contribution in [0, 0.1) is 5.92 Å². The summed E-state index contributed by atoms with van der Waals surface area (Å²) in [6, 6.07) is 16.0. The van der Waals surface area contributed by atoms with Crippen LogP contribution in [0.25, 0.3) is 6.08 Å². The average Bonchev–Trinajstić information content (AvgIpc) is 3.09. The lowest BCUT2D eigenvalue weighted by molar-refractivity contribution is -0.129. The molecule has 0 radical (unpaired) electrons. The number of methoxy groups -OCH3 is 2. The van der Waals surface area contributed by atoms with Crippen LogP contribution >= 0.6 is 11.8 Å². The SMILES string of the molecule is COc1ccc(OC)c(/C=C2\SC(Nc3ccccc3)N([C@H]3CCCC[C@@H]3C)C2=O)c1. The smallest absolute Gasteiger partial charge is 0.262 e. The largest absolute Gasteiger partial charge is 0.497 e. The lowest BCUT2D eigenvalue weighted by Crippen LogP contribution is -2.48. The predicted octanol–water partition coefficient (Wildman–Crippen LogP) is 5.59. The first-order chi connectivity index (χ1) is 15.1. The van der Waals surface area contributed by atoms with E-state index in [0.29, 0.717) is 5.92 Å². The molecule has 5 nitrogen and oxygen atoms in total. The normalized spacial score (nSPS) is 25.0. The van der Waals surface area contributed by atoms with Gasteiger partial charge in [0.1, 0.15) is 11.5 Å². The van der Waals surface area contributed by atoms with Crippen molar-refractivity contribution in [1.82, 2.24) is 4.90 Å². The zero-order valence-electron chi connectivity index (χ0n) is 18.3. The number of hydrogen-bond donors (Lipinski definition) is 1. The first-order valence-corrected chi connectivity index (χ1v) is 11.7. The Morgan fingerprint density at radius 3 is 2.55 bits per heavy atom. The minimum atomic E-state index is -0.136. The Balaban J connectivity index is 1.68. The van der Waals surface area contributed by atoms with Gasteiger partial charge in [0.05, 0.1) is 19.1 Å². The molecule has 0 spiro atoms. The maximum absolute atomic E-state index is 13.6. The zero-order chi connectivity index (χ0) is 21.8. The van der Waals surface area contributed by atoms with Gasteiger partial charge in [-0.25, -0.2) is 0 Å². The van der Waals surface area contributed by atoms with E-state index in [0.717, 1.165) is 34.1 Å². The monoisotopic (exact) mass is 438 g/mol. The Labute approximate surface area is 188 Å². The maximum atomic E-state index is 13.6. The molecule has 2 aromatic rings. The van der Waals surface area contributed by atoms with Gasteiger partial charge in [0.25, 0.3) is 5.91 Å². The molecule has 2 aromatic carbocycles. The highest BCUT2D eigenvalue weighted by Gasteiger charge is 2.43. The minimum Gasteiger partial charge on any atom is -0.497 e. The summed E-state index contributed by atoms with van der Waals surface area (Å²) in [6.07, 6.45) is 6.56. The van der Waals surface area contributed by atoms with Gasteiger partial charge in [-0.05, 0) is 55.2 Å². The van der Waals surface area contributed by atoms with Crippen molar-refractivity contribution in [1.29, 1.82) is 0 Å². The molecule has 1 N–H and O–H groups in total. The van der Waals surface area contributed by atoms with Gasteiger partial charge in [-0.1, -0.05) is 49.7 Å². The van der Waals surface area contributed by atoms with E-state index in [9.17, 15) is 4.79 Å². The number of nitrogens with zero attached hydrogens (tertiary/aromatic N) is 1. The number of amides is 1. The van der Waals surface area contributed by atoms with Gasteiger partial charge in [-0.3, -0.25) is 4.79 Å². The van der Waals surface area contributed by atoms with E-state index < -0.39 is 0 Å². The standard InChI is InChI=1S/C25H30N2O3S/c1-17-9-7-8-12-21(17)27-24(28)23(31-25(27)26-19-10-5-4-6-11-19)16-18-15-20(29-2)13-14-22(18)30-3/h4-6,10-11,13-17,21,25-26H,7-9,12H2,1-3H3/b23-16-/t17-,21-,25?/m0/s1. The lowest BCUT2D eigenvalue weighted by Gasteiger charge is -2.39. The van der Waals surface area contributed by atoms with Crippen molar-refractivity contribution in [2.24, 2.45) is 5.92 Å². The number of rotatable bonds is 6. The highest BCUT2D eigenvalue weighted by Crippen LogP contribution is 2.43. The van der Waals surface area contributed by atoms with Crippen LogP contribution in [0.1, 0.15) is 38.2 Å². The van der Waals surface area contributed by atoms with Crippen molar-refractivity contribution < 1.29 is 14.3 Å². The summed E-state index contributed by atoms with van der Waals surface area (Å²) in [4.78, 5) is 16.4. The molecule has 1 unspecified atom stereocenters. The van der Waals surface area contributed by atoms with Gasteiger partial charge in [-0.2, -0.15) is 0 Å². The quantitative estimate of drug-likeness (QED) is 0.596. The molecule has 1 saturated heterocycles. The Bertz CT molecular complexity index is 947. The van der Waals surface area contributed by atoms with E-state index in [2.05, 4.69) is 17.1 Å². The molecule has 31 heavy (non-hydrogen) atoms. The molecule has 1 aliphatic carbocycles. The summed E-state index contributed by atoms with van der Waals surface area (Å²) in [5.74, 6) is 2.03. The summed E-state index contributed by atoms with van der Waals surface area (Å²) in [7, 11) is 3.28. The fourth-order valence-corrected chi connectivity index (χ4v) is 5.66. The fourth-order valence-electron chi connectivity index (χ4n) is 4.46. The van der Waals surface area contributed by atoms with Gasteiger partial charge in [-0.15, -0.1) is 0 Å². The Kier molecular flexibility index (Phi) is 6.76. The number of carbonyl (C=O) groups excluding carboxylic acids is 1. The van der Waals surface area contributed by atoms with E-state index in [4.69, 9.17) is 9.47 Å². The van der Waals surface area contributed by atoms with Crippen LogP contribution in [-0.4, -0.2) is 36.6 Å². The highest BCUT2D eigenvalue weighted by atomic mass is 32.2. The molecule has 0 aromatic heterocycles. The third-order valence-corrected chi connectivity index (χ3v) is 7.26. The zero-order valence-corrected chi connectivity index (χ0v) is 19.2. The lowest BCUT2D eigenvalue weighted by atomic mass is 9.85. The van der Waals surface area contributed by atoms with Gasteiger partial charge < -0.3 is 19.7 Å². The number of anilines is 1. The van der Waals surface area contributed by atoms with Gasteiger partial charge >= 0.3 is 0 Å². The maximum Gasteiger partial charge on any atom is 0.262 e. The molecule has 1 heterocycles. The number of ether oxygens (including phenoxy) is 2. The number of benzene rings is 2. The fraction of sp³-hybridized carbons (Fsp3) is 0.400. The van der Waals surface area contributed by atoms with E-state index in [1.165, 1.54) is 19.3 Å². The Hall–Kier alpha value is -2.60. The highest BCUT2D eigenvalue weighted by molar-refractivity contribution is 8.05. The predicted molar refractivity (Wildman–Crippen MR) is 127 cm³/mol. The number of carbonyl (C=O) groups is 1. The molecule has 6 heteroatoms. The topological polar surface area (TPSA) is 50.8 Å². The second-order valence-corrected chi connectivity index (χ2v) is 9.26. The molecular formula is C25H30N2O3S. The molecule has 1 aliphatic heterocycles. The van der Waals surface area contributed by atoms with Crippen molar-refractivity contribution in [2.45, 2.75) is 44.1 Å². The summed E-state index contributed by atoms with van der Waals surface area (Å²) < 4.78 is 10.9. The van der Waals surface area contributed by atoms with E-state index in [1.54, 1.807) is 26.0 Å². The minimum absolute atomic E-state index is 0.0852. The Morgan fingerprint density at radius 2 is 1.84 bits per heavy atom. The molecule has 4 rings (SSSR count).